The first-order valence-corrected chi connectivity index (χ1v) is 6.07. The molecule has 2 fully saturated rings. The topological polar surface area (TPSA) is 40.5 Å². The lowest BCUT2D eigenvalue weighted by atomic mass is 9.88. The summed E-state index contributed by atoms with van der Waals surface area (Å²) in [5.74, 6) is -4.98. The van der Waals surface area contributed by atoms with Crippen LogP contribution in [-0.4, -0.2) is 34.6 Å². The molecule has 19 heavy (non-hydrogen) atoms. The molecule has 0 unspecified atom stereocenters. The molecule has 1 aromatic carbocycles. The SMILES string of the molecule is O=C(c1ccc(F)c(F)c1F)N1CC(O)(C2CC2)C1. The molecule has 102 valence electrons. The van der Waals surface area contributed by atoms with Crippen molar-refractivity contribution in [3.63, 3.8) is 0 Å². The zero-order valence-corrected chi connectivity index (χ0v) is 10.00. The van der Waals surface area contributed by atoms with Gasteiger partial charge in [0.05, 0.1) is 18.7 Å². The summed E-state index contributed by atoms with van der Waals surface area (Å²) in [6.07, 6.45) is 1.86. The number of benzene rings is 1. The van der Waals surface area contributed by atoms with Gasteiger partial charge in [-0.1, -0.05) is 0 Å². The Bertz CT molecular complexity index is 551. The van der Waals surface area contributed by atoms with Gasteiger partial charge in [-0.3, -0.25) is 4.79 Å². The third kappa shape index (κ3) is 1.90. The number of hydrogen-bond donors (Lipinski definition) is 1. The van der Waals surface area contributed by atoms with Crippen molar-refractivity contribution in [3.8, 4) is 0 Å². The van der Waals surface area contributed by atoms with Gasteiger partial charge < -0.3 is 10.0 Å². The highest BCUT2D eigenvalue weighted by Crippen LogP contribution is 2.44. The number of aliphatic hydroxyl groups is 1. The van der Waals surface area contributed by atoms with Gasteiger partial charge >= 0.3 is 0 Å². The molecule has 1 amide bonds. The lowest BCUT2D eigenvalue weighted by Gasteiger charge is -2.47. The van der Waals surface area contributed by atoms with Gasteiger partial charge in [-0.05, 0) is 30.9 Å². The van der Waals surface area contributed by atoms with E-state index in [-0.39, 0.29) is 19.0 Å². The second-order valence-corrected chi connectivity index (χ2v) is 5.26. The Morgan fingerprint density at radius 2 is 1.84 bits per heavy atom. The molecule has 0 radical (unpaired) electrons. The Balaban J connectivity index is 1.77. The molecule has 1 aliphatic heterocycles. The lowest BCUT2D eigenvalue weighted by Crippen LogP contribution is -2.64. The number of carbonyl (C=O) groups excluding carboxylic acids is 1. The normalized spacial score (nSPS) is 21.2. The maximum Gasteiger partial charge on any atom is 0.257 e. The van der Waals surface area contributed by atoms with Crippen molar-refractivity contribution < 1.29 is 23.1 Å². The molecule has 1 aromatic rings. The van der Waals surface area contributed by atoms with E-state index in [0.717, 1.165) is 25.0 Å². The Morgan fingerprint density at radius 3 is 2.42 bits per heavy atom. The van der Waals surface area contributed by atoms with Crippen molar-refractivity contribution in [1.82, 2.24) is 4.90 Å². The van der Waals surface area contributed by atoms with Gasteiger partial charge in [-0.2, -0.15) is 0 Å². The molecule has 1 heterocycles. The van der Waals surface area contributed by atoms with Crippen LogP contribution in [0.15, 0.2) is 12.1 Å². The smallest absolute Gasteiger partial charge is 0.257 e. The van der Waals surface area contributed by atoms with Crippen molar-refractivity contribution in [2.45, 2.75) is 18.4 Å². The van der Waals surface area contributed by atoms with Gasteiger partial charge in [-0.15, -0.1) is 0 Å². The lowest BCUT2D eigenvalue weighted by molar-refractivity contribution is -0.0959. The van der Waals surface area contributed by atoms with Crippen molar-refractivity contribution in [2.24, 2.45) is 5.92 Å². The zero-order valence-electron chi connectivity index (χ0n) is 10.00. The minimum atomic E-state index is -1.65. The Hall–Kier alpha value is -1.56. The molecule has 0 atom stereocenters. The second kappa shape index (κ2) is 3.96. The molecule has 1 N–H and O–H groups in total. The van der Waals surface area contributed by atoms with E-state index in [4.69, 9.17) is 0 Å². The number of β-amino-alcohol motifs (C(OH)–C–C–N with tert-alkyl or cyclic N) is 1. The third-order valence-corrected chi connectivity index (χ3v) is 3.82. The molecule has 3 rings (SSSR count). The number of rotatable bonds is 2. The summed E-state index contributed by atoms with van der Waals surface area (Å²) in [5, 5.41) is 10.1. The van der Waals surface area contributed by atoms with Crippen molar-refractivity contribution in [1.29, 1.82) is 0 Å². The number of amides is 1. The third-order valence-electron chi connectivity index (χ3n) is 3.82. The van der Waals surface area contributed by atoms with E-state index in [9.17, 15) is 23.1 Å². The van der Waals surface area contributed by atoms with E-state index < -0.39 is 34.5 Å². The molecule has 1 saturated carbocycles. The van der Waals surface area contributed by atoms with Crippen LogP contribution in [0.25, 0.3) is 0 Å². The average molecular weight is 271 g/mol. The summed E-state index contributed by atoms with van der Waals surface area (Å²) < 4.78 is 39.3. The maximum absolute atomic E-state index is 13.5. The first kappa shape index (κ1) is 12.5. The fourth-order valence-electron chi connectivity index (χ4n) is 2.50. The van der Waals surface area contributed by atoms with Crippen LogP contribution in [0.3, 0.4) is 0 Å². The second-order valence-electron chi connectivity index (χ2n) is 5.26. The highest BCUT2D eigenvalue weighted by molar-refractivity contribution is 5.95. The highest BCUT2D eigenvalue weighted by Gasteiger charge is 2.53. The predicted octanol–water partition coefficient (Wildman–Crippen LogP) is 1.70. The molecular formula is C13H12F3NO2. The van der Waals surface area contributed by atoms with E-state index in [1.165, 1.54) is 4.90 Å². The van der Waals surface area contributed by atoms with Crippen LogP contribution >= 0.6 is 0 Å². The van der Waals surface area contributed by atoms with Crippen LogP contribution < -0.4 is 0 Å². The van der Waals surface area contributed by atoms with Gasteiger partial charge in [0.15, 0.2) is 17.5 Å². The monoisotopic (exact) mass is 271 g/mol. The van der Waals surface area contributed by atoms with Gasteiger partial charge in [0.2, 0.25) is 0 Å². The Kier molecular flexibility index (Phi) is 2.60. The van der Waals surface area contributed by atoms with E-state index in [1.54, 1.807) is 0 Å². The average Bonchev–Trinajstić information content (AvgIpc) is 3.16. The molecule has 2 aliphatic rings. The van der Waals surface area contributed by atoms with Crippen LogP contribution in [0.4, 0.5) is 13.2 Å². The summed E-state index contributed by atoms with van der Waals surface area (Å²) in [7, 11) is 0. The van der Waals surface area contributed by atoms with Gasteiger partial charge in [0.1, 0.15) is 5.60 Å². The number of likely N-dealkylation sites (tertiary alicyclic amines) is 1. The Morgan fingerprint density at radius 1 is 1.21 bits per heavy atom. The minimum absolute atomic E-state index is 0.120. The molecule has 1 aliphatic carbocycles. The van der Waals surface area contributed by atoms with Crippen LogP contribution in [0, 0.1) is 23.4 Å². The molecule has 0 aromatic heterocycles. The van der Waals surface area contributed by atoms with Gasteiger partial charge in [0, 0.05) is 0 Å². The fraction of sp³-hybridized carbons (Fsp3) is 0.462. The van der Waals surface area contributed by atoms with Crippen molar-refractivity contribution >= 4 is 5.91 Å². The number of halogens is 3. The maximum atomic E-state index is 13.5. The van der Waals surface area contributed by atoms with Crippen molar-refractivity contribution in [2.75, 3.05) is 13.1 Å². The predicted molar refractivity (Wildman–Crippen MR) is 59.9 cm³/mol. The van der Waals surface area contributed by atoms with Crippen LogP contribution in [0.5, 0.6) is 0 Å². The summed E-state index contributed by atoms with van der Waals surface area (Å²) in [5.41, 5.74) is -1.39. The standard InChI is InChI=1S/C13H12F3NO2/c14-9-4-3-8(10(15)11(9)16)12(18)17-5-13(19,6-17)7-1-2-7/h3-4,7,19H,1-2,5-6H2. The van der Waals surface area contributed by atoms with Crippen molar-refractivity contribution in [3.05, 3.63) is 35.1 Å². The number of carbonyl (C=O) groups is 1. The molecule has 3 nitrogen and oxygen atoms in total. The fourth-order valence-corrected chi connectivity index (χ4v) is 2.50. The number of nitrogens with zero attached hydrogens (tertiary/aromatic N) is 1. The zero-order chi connectivity index (χ0) is 13.8. The summed E-state index contributed by atoms with van der Waals surface area (Å²) in [6.45, 7) is 0.240. The van der Waals surface area contributed by atoms with E-state index in [1.807, 2.05) is 0 Å². The molecule has 1 saturated heterocycles. The van der Waals surface area contributed by atoms with Crippen LogP contribution in [0.1, 0.15) is 23.2 Å². The minimum Gasteiger partial charge on any atom is -0.386 e. The largest absolute Gasteiger partial charge is 0.386 e. The van der Waals surface area contributed by atoms with Crippen LogP contribution in [-0.2, 0) is 0 Å². The summed E-state index contributed by atoms with van der Waals surface area (Å²) >= 11 is 0. The molecule has 0 spiro atoms. The van der Waals surface area contributed by atoms with Gasteiger partial charge in [-0.25, -0.2) is 13.2 Å². The molecular weight excluding hydrogens is 259 g/mol. The highest BCUT2D eigenvalue weighted by atomic mass is 19.2. The first-order valence-electron chi connectivity index (χ1n) is 6.07. The first-order chi connectivity index (χ1) is 8.92. The van der Waals surface area contributed by atoms with E-state index >= 15 is 0 Å². The quantitative estimate of drug-likeness (QED) is 0.832. The Labute approximate surface area is 107 Å². The van der Waals surface area contributed by atoms with E-state index in [2.05, 4.69) is 0 Å². The summed E-state index contributed by atoms with van der Waals surface area (Å²) in [6, 6.07) is 1.64. The summed E-state index contributed by atoms with van der Waals surface area (Å²) in [4.78, 5) is 13.2. The molecule has 0 bridgehead atoms. The van der Waals surface area contributed by atoms with Crippen LogP contribution in [0.2, 0.25) is 0 Å². The molecule has 6 heteroatoms. The van der Waals surface area contributed by atoms with E-state index in [0.29, 0.717) is 0 Å². The number of hydrogen-bond acceptors (Lipinski definition) is 2. The van der Waals surface area contributed by atoms with Gasteiger partial charge in [0.25, 0.3) is 5.91 Å².